The van der Waals surface area contributed by atoms with E-state index in [9.17, 15) is 14.4 Å². The maximum Gasteiger partial charge on any atom is 0.354 e. The van der Waals surface area contributed by atoms with Crippen LogP contribution in [0, 0.1) is 0 Å². The van der Waals surface area contributed by atoms with Gasteiger partial charge in [0.05, 0.1) is 7.11 Å². The SMILES string of the molecule is COC(=O)c1cc(-c2cccc(C(=O)N3CC[C@@H](NC(C)=O)C3)c2)c[nH]1. The maximum atomic E-state index is 12.8. The van der Waals surface area contributed by atoms with Crippen LogP contribution in [0.3, 0.4) is 0 Å². The molecule has 2 N–H and O–H groups in total. The van der Waals surface area contributed by atoms with Gasteiger partial charge < -0.3 is 19.9 Å². The molecule has 0 bridgehead atoms. The lowest BCUT2D eigenvalue weighted by molar-refractivity contribution is -0.119. The minimum absolute atomic E-state index is 0.00641. The van der Waals surface area contributed by atoms with Gasteiger partial charge in [-0.1, -0.05) is 12.1 Å². The Morgan fingerprint density at radius 1 is 1.23 bits per heavy atom. The Balaban J connectivity index is 1.75. The van der Waals surface area contributed by atoms with Crippen LogP contribution in [0.4, 0.5) is 0 Å². The molecule has 1 aliphatic heterocycles. The summed E-state index contributed by atoms with van der Waals surface area (Å²) in [6.07, 6.45) is 2.46. The molecule has 2 aromatic rings. The zero-order valence-electron chi connectivity index (χ0n) is 14.7. The monoisotopic (exact) mass is 355 g/mol. The number of benzene rings is 1. The topological polar surface area (TPSA) is 91.5 Å². The van der Waals surface area contributed by atoms with Crippen molar-refractivity contribution in [1.82, 2.24) is 15.2 Å². The van der Waals surface area contributed by atoms with Crippen LogP contribution in [0.2, 0.25) is 0 Å². The smallest absolute Gasteiger partial charge is 0.354 e. The number of H-pyrrole nitrogens is 1. The molecule has 1 atom stereocenters. The molecule has 136 valence electrons. The highest BCUT2D eigenvalue weighted by molar-refractivity contribution is 5.96. The van der Waals surface area contributed by atoms with Crippen molar-refractivity contribution in [2.45, 2.75) is 19.4 Å². The zero-order chi connectivity index (χ0) is 18.7. The largest absolute Gasteiger partial charge is 0.464 e. The third kappa shape index (κ3) is 3.77. The van der Waals surface area contributed by atoms with E-state index in [1.165, 1.54) is 14.0 Å². The molecule has 7 heteroatoms. The van der Waals surface area contributed by atoms with Gasteiger partial charge in [-0.05, 0) is 30.2 Å². The van der Waals surface area contributed by atoms with E-state index in [1.807, 2.05) is 12.1 Å². The van der Waals surface area contributed by atoms with Gasteiger partial charge in [-0.15, -0.1) is 0 Å². The van der Waals surface area contributed by atoms with Crippen molar-refractivity contribution in [2.24, 2.45) is 0 Å². The highest BCUT2D eigenvalue weighted by Crippen LogP contribution is 2.23. The van der Waals surface area contributed by atoms with Crippen LogP contribution in [0.5, 0.6) is 0 Å². The Kier molecular flexibility index (Phi) is 5.06. The summed E-state index contributed by atoms with van der Waals surface area (Å²) in [5, 5.41) is 2.85. The number of nitrogens with zero attached hydrogens (tertiary/aromatic N) is 1. The number of ether oxygens (including phenoxy) is 1. The van der Waals surface area contributed by atoms with Gasteiger partial charge in [0.2, 0.25) is 5.91 Å². The third-order valence-corrected chi connectivity index (χ3v) is 4.41. The van der Waals surface area contributed by atoms with E-state index in [-0.39, 0.29) is 17.9 Å². The van der Waals surface area contributed by atoms with Crippen molar-refractivity contribution in [3.05, 3.63) is 47.8 Å². The number of carbonyl (C=O) groups is 3. The van der Waals surface area contributed by atoms with Crippen molar-refractivity contribution in [3.8, 4) is 11.1 Å². The first-order valence-electron chi connectivity index (χ1n) is 8.41. The number of hydrogen-bond donors (Lipinski definition) is 2. The third-order valence-electron chi connectivity index (χ3n) is 4.41. The van der Waals surface area contributed by atoms with E-state index >= 15 is 0 Å². The molecule has 26 heavy (non-hydrogen) atoms. The fourth-order valence-electron chi connectivity index (χ4n) is 3.15. The van der Waals surface area contributed by atoms with E-state index in [1.54, 1.807) is 29.3 Å². The Morgan fingerprint density at radius 3 is 2.77 bits per heavy atom. The predicted octanol–water partition coefficient (Wildman–Crippen LogP) is 1.82. The number of aromatic nitrogens is 1. The summed E-state index contributed by atoms with van der Waals surface area (Å²) in [5.74, 6) is -0.590. The number of nitrogens with one attached hydrogen (secondary N) is 2. The quantitative estimate of drug-likeness (QED) is 0.819. The standard InChI is InChI=1S/C19H21N3O4/c1-12(23)21-16-6-7-22(11-16)18(24)14-5-3-4-13(8-14)15-9-17(20-10-15)19(25)26-2/h3-5,8-10,16,20H,6-7,11H2,1-2H3,(H,21,23)/t16-/m1/s1. The second-order valence-corrected chi connectivity index (χ2v) is 6.31. The van der Waals surface area contributed by atoms with Gasteiger partial charge >= 0.3 is 5.97 Å². The summed E-state index contributed by atoms with van der Waals surface area (Å²) in [5.41, 5.74) is 2.57. The molecular formula is C19H21N3O4. The number of rotatable bonds is 4. The van der Waals surface area contributed by atoms with E-state index in [2.05, 4.69) is 10.3 Å². The molecular weight excluding hydrogens is 334 g/mol. The van der Waals surface area contributed by atoms with Gasteiger partial charge in [0.1, 0.15) is 5.69 Å². The highest BCUT2D eigenvalue weighted by Gasteiger charge is 2.27. The minimum Gasteiger partial charge on any atom is -0.464 e. The molecule has 1 aromatic heterocycles. The number of hydrogen-bond acceptors (Lipinski definition) is 4. The highest BCUT2D eigenvalue weighted by atomic mass is 16.5. The number of esters is 1. The number of aromatic amines is 1. The molecule has 1 fully saturated rings. The Labute approximate surface area is 151 Å². The van der Waals surface area contributed by atoms with Crippen LogP contribution in [-0.2, 0) is 9.53 Å². The molecule has 7 nitrogen and oxygen atoms in total. The number of carbonyl (C=O) groups excluding carboxylic acids is 3. The molecule has 1 aromatic carbocycles. The van der Waals surface area contributed by atoms with E-state index < -0.39 is 5.97 Å². The van der Waals surface area contributed by atoms with Crippen LogP contribution in [-0.4, -0.2) is 53.9 Å². The second kappa shape index (κ2) is 7.43. The average Bonchev–Trinajstić information content (AvgIpc) is 3.30. The van der Waals surface area contributed by atoms with Gasteiger partial charge in [0.15, 0.2) is 0 Å². The molecule has 1 saturated heterocycles. The van der Waals surface area contributed by atoms with Gasteiger partial charge in [0.25, 0.3) is 5.91 Å². The number of amides is 2. The van der Waals surface area contributed by atoms with Gasteiger partial charge in [-0.3, -0.25) is 9.59 Å². The summed E-state index contributed by atoms with van der Waals surface area (Å²) in [4.78, 5) is 40.1. The molecule has 2 amide bonds. The molecule has 0 unspecified atom stereocenters. The lowest BCUT2D eigenvalue weighted by atomic mass is 10.0. The van der Waals surface area contributed by atoms with Crippen molar-refractivity contribution >= 4 is 17.8 Å². The second-order valence-electron chi connectivity index (χ2n) is 6.31. The van der Waals surface area contributed by atoms with Crippen molar-refractivity contribution in [1.29, 1.82) is 0 Å². The fourth-order valence-corrected chi connectivity index (χ4v) is 3.15. The summed E-state index contributed by atoms with van der Waals surface area (Å²) >= 11 is 0. The molecule has 0 aliphatic carbocycles. The van der Waals surface area contributed by atoms with E-state index in [4.69, 9.17) is 4.74 Å². The first kappa shape index (κ1) is 17.7. The Morgan fingerprint density at radius 2 is 2.04 bits per heavy atom. The van der Waals surface area contributed by atoms with Gasteiger partial charge in [0, 0.05) is 43.4 Å². The number of likely N-dealkylation sites (tertiary alicyclic amines) is 1. The van der Waals surface area contributed by atoms with Gasteiger partial charge in [-0.25, -0.2) is 4.79 Å². The minimum atomic E-state index is -0.440. The lowest BCUT2D eigenvalue weighted by Gasteiger charge is -2.17. The zero-order valence-corrected chi connectivity index (χ0v) is 14.7. The first-order valence-corrected chi connectivity index (χ1v) is 8.41. The first-order chi connectivity index (χ1) is 12.5. The lowest BCUT2D eigenvalue weighted by Crippen LogP contribution is -2.37. The molecule has 2 heterocycles. The van der Waals surface area contributed by atoms with Crippen molar-refractivity contribution in [3.63, 3.8) is 0 Å². The summed E-state index contributed by atoms with van der Waals surface area (Å²) in [6, 6.07) is 8.97. The van der Waals surface area contributed by atoms with Gasteiger partial charge in [-0.2, -0.15) is 0 Å². The maximum absolute atomic E-state index is 12.8. The van der Waals surface area contributed by atoms with Crippen LogP contribution >= 0.6 is 0 Å². The van der Waals surface area contributed by atoms with Crippen LogP contribution in [0.15, 0.2) is 36.5 Å². The van der Waals surface area contributed by atoms with Crippen LogP contribution < -0.4 is 5.32 Å². The predicted molar refractivity (Wildman–Crippen MR) is 95.7 cm³/mol. The average molecular weight is 355 g/mol. The molecule has 1 aliphatic rings. The van der Waals surface area contributed by atoms with E-state index in [0.717, 1.165) is 17.5 Å². The van der Waals surface area contributed by atoms with Crippen LogP contribution in [0.1, 0.15) is 34.2 Å². The molecule has 0 spiro atoms. The van der Waals surface area contributed by atoms with Crippen molar-refractivity contribution < 1.29 is 19.1 Å². The number of methoxy groups -OCH3 is 1. The van der Waals surface area contributed by atoms with Crippen LogP contribution in [0.25, 0.3) is 11.1 Å². The normalized spacial score (nSPS) is 16.4. The Bertz CT molecular complexity index is 843. The summed E-state index contributed by atoms with van der Waals surface area (Å²) in [7, 11) is 1.33. The van der Waals surface area contributed by atoms with Crippen molar-refractivity contribution in [2.75, 3.05) is 20.2 Å². The molecule has 0 saturated carbocycles. The summed E-state index contributed by atoms with van der Waals surface area (Å²) in [6.45, 7) is 2.61. The molecule has 0 radical (unpaired) electrons. The molecule has 3 rings (SSSR count). The summed E-state index contributed by atoms with van der Waals surface area (Å²) < 4.78 is 4.69. The Hall–Kier alpha value is -3.09. The van der Waals surface area contributed by atoms with E-state index in [0.29, 0.717) is 24.3 Å². The fraction of sp³-hybridized carbons (Fsp3) is 0.316.